The molecule has 538 valence electrons. The van der Waals surface area contributed by atoms with Gasteiger partial charge in [0.2, 0.25) is 0 Å². The van der Waals surface area contributed by atoms with Crippen molar-refractivity contribution in [2.45, 2.75) is 31.9 Å². The number of oxime groups is 1. The molecule has 13 rings (SSSR count). The Balaban J connectivity index is 0.000000165. The van der Waals surface area contributed by atoms with Crippen LogP contribution in [0.25, 0.3) is 66.9 Å². The highest BCUT2D eigenvalue weighted by Crippen LogP contribution is 2.38. The molecule has 7 heterocycles. The van der Waals surface area contributed by atoms with E-state index >= 15 is 0 Å². The molecule has 12 aromatic rings. The summed E-state index contributed by atoms with van der Waals surface area (Å²) in [7, 11) is 18.8. The van der Waals surface area contributed by atoms with Gasteiger partial charge in [0, 0.05) is 178 Å². The smallest absolute Gasteiger partial charge is 0.124 e. The fraction of sp³-hybridized carbons (Fsp3) is 0.307. The highest BCUT2D eigenvalue weighted by atomic mass is 32.1. The van der Waals surface area contributed by atoms with Gasteiger partial charge < -0.3 is 63.5 Å². The molecule has 6 aromatic heterocycles. The summed E-state index contributed by atoms with van der Waals surface area (Å²) in [4.78, 5) is 37.2. The number of aliphatic hydroxyl groups excluding tert-OH is 1. The van der Waals surface area contributed by atoms with Crippen LogP contribution >= 0.6 is 13.5 Å². The van der Waals surface area contributed by atoms with Crippen molar-refractivity contribution in [1.29, 1.82) is 0 Å². The largest absolute Gasteiger partial charge is 0.497 e. The van der Waals surface area contributed by atoms with Gasteiger partial charge in [0.25, 0.3) is 0 Å². The summed E-state index contributed by atoms with van der Waals surface area (Å²) in [6.07, 6.45) is 18.3. The highest BCUT2D eigenvalue weighted by molar-refractivity contribution is 7.59. The van der Waals surface area contributed by atoms with E-state index in [0.29, 0.717) is 53.4 Å². The van der Waals surface area contributed by atoms with Crippen LogP contribution in [0.1, 0.15) is 19.8 Å². The fourth-order valence-corrected chi connectivity index (χ4v) is 12.0. The minimum absolute atomic E-state index is 0. The number of benzene rings is 6. The van der Waals surface area contributed by atoms with Crippen LogP contribution in [-0.2, 0) is 25.9 Å². The van der Waals surface area contributed by atoms with Crippen LogP contribution < -0.4 is 48.4 Å². The number of aromatic nitrogens is 12. The lowest BCUT2D eigenvalue weighted by molar-refractivity contribution is 0.182. The Labute approximate surface area is 605 Å². The third-order valence-corrected chi connectivity index (χ3v) is 17.4. The second-order valence-electron chi connectivity index (χ2n) is 24.4. The summed E-state index contributed by atoms with van der Waals surface area (Å²) in [5, 5.41) is 39.3. The molecule has 0 spiro atoms. The number of hydrogen-bond acceptors (Lipinski definition) is 24. The summed E-state index contributed by atoms with van der Waals surface area (Å²) in [5.74, 6) is 4.12. The molecule has 6 aromatic carbocycles. The Morgan fingerprint density at radius 3 is 1.23 bits per heavy atom. The molecule has 28 heteroatoms. The SMILES string of the molecule is CNC[C@@H](O)CN(c1cc(OC)cc(OC)c1)c1ccc2ncc(-c3cnn(C)c3)nc2c1.COC/C(CN(c1cc(OC)cc(OC)c1)c1ccc2ncc(-c3cnn(C)c3)nc2c1)=N\O.COc1cc(OC)cc(N(CCN2CCC[C@@H]2C)c2ccc3ncc(-c4cnn(C)c4)nc3c2)c1.S. The second-order valence-corrected chi connectivity index (χ2v) is 24.4. The molecule has 1 aliphatic rings. The molecule has 1 aliphatic heterocycles. The lowest BCUT2D eigenvalue weighted by Gasteiger charge is -2.30. The number of likely N-dealkylation sites (N-methyl/N-ethyl adjacent to an activating group) is 1. The third kappa shape index (κ3) is 18.5. The number of aryl methyl sites for hydroxylation is 3. The topological polar surface area (TPSA) is 273 Å². The van der Waals surface area contributed by atoms with Gasteiger partial charge in [0.1, 0.15) is 40.2 Å². The second kappa shape index (κ2) is 34.9. The molecular weight excluding hydrogens is 1330 g/mol. The molecule has 3 N–H and O–H groups in total. The van der Waals surface area contributed by atoms with Gasteiger partial charge in [0.15, 0.2) is 0 Å². The van der Waals surface area contributed by atoms with Gasteiger partial charge in [-0.25, -0.2) is 15.0 Å². The van der Waals surface area contributed by atoms with E-state index in [0.717, 1.165) is 127 Å². The van der Waals surface area contributed by atoms with E-state index in [2.05, 4.69) is 81.7 Å². The van der Waals surface area contributed by atoms with Gasteiger partial charge in [-0.05, 0) is 88.0 Å². The van der Waals surface area contributed by atoms with Crippen LogP contribution in [0.5, 0.6) is 34.5 Å². The number of aliphatic hydroxyl groups is 1. The highest BCUT2D eigenvalue weighted by Gasteiger charge is 2.24. The fourth-order valence-electron chi connectivity index (χ4n) is 12.0. The molecule has 2 atom stereocenters. The van der Waals surface area contributed by atoms with Crippen LogP contribution in [0.3, 0.4) is 0 Å². The molecule has 27 nitrogen and oxygen atoms in total. The summed E-state index contributed by atoms with van der Waals surface area (Å²) in [5.41, 5.74) is 15.5. The number of hydrogen-bond donors (Lipinski definition) is 3. The molecule has 0 aliphatic carbocycles. The van der Waals surface area contributed by atoms with Crippen LogP contribution in [0.15, 0.2) is 170 Å². The number of nitrogens with zero attached hydrogens (tertiary/aromatic N) is 17. The molecule has 1 saturated heterocycles. The maximum Gasteiger partial charge on any atom is 0.124 e. The van der Waals surface area contributed by atoms with E-state index in [4.69, 9.17) is 48.1 Å². The minimum Gasteiger partial charge on any atom is -0.497 e. The van der Waals surface area contributed by atoms with Crippen LogP contribution in [-0.4, -0.2) is 195 Å². The number of anilines is 6. The zero-order valence-corrected chi connectivity index (χ0v) is 61.0. The summed E-state index contributed by atoms with van der Waals surface area (Å²) in [6.45, 7) is 6.52. The van der Waals surface area contributed by atoms with Gasteiger partial charge in [-0.1, -0.05) is 5.16 Å². The number of nitrogens with one attached hydrogen (secondary N) is 1. The maximum atomic E-state index is 10.6. The van der Waals surface area contributed by atoms with Crippen molar-refractivity contribution in [3.05, 3.63) is 165 Å². The van der Waals surface area contributed by atoms with Gasteiger partial charge in [-0.3, -0.25) is 33.9 Å². The molecule has 0 bridgehead atoms. The quantitative estimate of drug-likeness (QED) is 0.0258. The Bertz CT molecular complexity index is 4770. The predicted octanol–water partition coefficient (Wildman–Crippen LogP) is 11.2. The standard InChI is InChI=1S/C27H32N6O2.C24H26N6O4.C24H28N6O3.H2S/c1-19-6-5-9-32(19)10-11-33(22-12-23(34-3)15-24(13-22)35-4)21-7-8-25-26(14-21)30-27(17-28-25)20-16-29-31(2)18-20;1-29-13-16(11-26-29)24-12-25-22-6-5-18(9-23(22)27-24)30(14-17(28-31)15-32-2)19-7-20(33-3)10-21(8-19)34-4;1-25-12-19(31)15-30(18-7-20(32-3)10-21(8-18)33-4)17-5-6-22-23(9-17)28-24(13-26-22)16-11-27-29(2)14-16;/h7-8,12-19H,5-6,9-11H2,1-4H3;5-13,31H,14-15H2,1-4H3;5-11,13-14,19,25,31H,12,15H2,1-4H3;1H2/b;28-17-;;/t19-;;19-;/m0.1./s1. The van der Waals surface area contributed by atoms with E-state index in [9.17, 15) is 10.3 Å². The summed E-state index contributed by atoms with van der Waals surface area (Å²) in [6, 6.07) is 35.7. The summed E-state index contributed by atoms with van der Waals surface area (Å²) >= 11 is 0. The van der Waals surface area contributed by atoms with Crippen LogP contribution in [0.4, 0.5) is 34.1 Å². The average molecular weight is 1420 g/mol. The number of methoxy groups -OCH3 is 7. The first-order valence-electron chi connectivity index (χ1n) is 33.1. The van der Waals surface area contributed by atoms with Crippen molar-refractivity contribution in [3.8, 4) is 68.3 Å². The lowest BCUT2D eigenvalue weighted by Crippen LogP contribution is -2.35. The molecule has 0 radical (unpaired) electrons. The number of rotatable bonds is 26. The van der Waals surface area contributed by atoms with E-state index in [1.807, 2.05) is 142 Å². The zero-order chi connectivity index (χ0) is 71.8. The number of fused-ring (bicyclic) bond motifs is 3. The van der Waals surface area contributed by atoms with Crippen molar-refractivity contribution in [2.75, 3.05) is 117 Å². The maximum absolute atomic E-state index is 10.6. The molecule has 1 fully saturated rings. The van der Waals surface area contributed by atoms with Crippen LogP contribution in [0, 0.1) is 0 Å². The average Bonchev–Trinajstić information content (AvgIpc) is 0.859. The van der Waals surface area contributed by atoms with E-state index in [-0.39, 0.29) is 26.6 Å². The molecule has 0 unspecified atom stereocenters. The van der Waals surface area contributed by atoms with Crippen molar-refractivity contribution >= 4 is 86.4 Å². The molecule has 103 heavy (non-hydrogen) atoms. The minimum atomic E-state index is -0.601. The number of likely N-dealkylation sites (tertiary alicyclic amines) is 1. The van der Waals surface area contributed by atoms with Crippen molar-refractivity contribution in [3.63, 3.8) is 0 Å². The normalized spacial score (nSPS) is 13.1. The first-order valence-corrected chi connectivity index (χ1v) is 33.1. The Kier molecular flexibility index (Phi) is 25.3. The van der Waals surface area contributed by atoms with Gasteiger partial charge in [-0.15, -0.1) is 0 Å². The lowest BCUT2D eigenvalue weighted by atomic mass is 10.1. The summed E-state index contributed by atoms with van der Waals surface area (Å²) < 4.78 is 43.4. The van der Waals surface area contributed by atoms with Crippen LogP contribution in [0.2, 0.25) is 0 Å². The Hall–Kier alpha value is -11.2. The molecule has 0 amide bonds. The van der Waals surface area contributed by atoms with E-state index in [1.165, 1.54) is 12.8 Å². The first-order chi connectivity index (χ1) is 49.6. The first kappa shape index (κ1) is 74.5. The number of ether oxygens (including phenoxy) is 7. The van der Waals surface area contributed by atoms with Gasteiger partial charge >= 0.3 is 0 Å². The third-order valence-electron chi connectivity index (χ3n) is 17.4. The van der Waals surface area contributed by atoms with E-state index < -0.39 is 6.10 Å². The monoisotopic (exact) mass is 1420 g/mol. The zero-order valence-electron chi connectivity index (χ0n) is 60.0. The predicted molar refractivity (Wildman–Crippen MR) is 407 cm³/mol. The van der Waals surface area contributed by atoms with Crippen molar-refractivity contribution in [1.82, 2.24) is 69.5 Å². The molecular formula is C75H88N18O9S. The molecule has 0 saturated carbocycles. The van der Waals surface area contributed by atoms with Gasteiger partial charge in [-0.2, -0.15) is 28.8 Å². The van der Waals surface area contributed by atoms with Gasteiger partial charge in [0.05, 0.1) is 156 Å². The van der Waals surface area contributed by atoms with E-state index in [1.54, 1.807) is 101 Å². The Morgan fingerprint density at radius 2 is 0.893 bits per heavy atom. The Morgan fingerprint density at radius 1 is 0.515 bits per heavy atom. The van der Waals surface area contributed by atoms with Crippen molar-refractivity contribution in [2.24, 2.45) is 26.3 Å². The van der Waals surface area contributed by atoms with Crippen molar-refractivity contribution < 1.29 is 43.5 Å².